The average Bonchev–Trinajstić information content (AvgIpc) is 2.51. The van der Waals surface area contributed by atoms with Crippen molar-refractivity contribution in [1.29, 1.82) is 0 Å². The molecule has 1 fully saturated rings. The number of hydrogen-bond donors (Lipinski definition) is 0. The van der Waals surface area contributed by atoms with Gasteiger partial charge in [-0.25, -0.2) is 13.2 Å². The Morgan fingerprint density at radius 1 is 1.10 bits per heavy atom. The summed E-state index contributed by atoms with van der Waals surface area (Å²) in [6.45, 7) is 2.15. The first-order valence-electron chi connectivity index (χ1n) is 7.72. The minimum atomic E-state index is -1.56. The van der Waals surface area contributed by atoms with Crippen LogP contribution in [0.15, 0.2) is 12.1 Å². The van der Waals surface area contributed by atoms with Gasteiger partial charge >= 0.3 is 0 Å². The van der Waals surface area contributed by atoms with Crippen LogP contribution in [0.2, 0.25) is 0 Å². The minimum Gasteiger partial charge on any atom is -0.294 e. The Kier molecular flexibility index (Phi) is 5.43. The highest BCUT2D eigenvalue weighted by atomic mass is 19.2. The SMILES string of the molecule is CCCCC1CCC(C(=O)c2ccc(F)c(F)c2F)CC1. The van der Waals surface area contributed by atoms with Crippen LogP contribution < -0.4 is 0 Å². The predicted molar refractivity (Wildman–Crippen MR) is 75.6 cm³/mol. The lowest BCUT2D eigenvalue weighted by molar-refractivity contribution is 0.0864. The predicted octanol–water partition coefficient (Wildman–Crippen LogP) is 5.28. The van der Waals surface area contributed by atoms with Crippen molar-refractivity contribution in [3.63, 3.8) is 0 Å². The van der Waals surface area contributed by atoms with Gasteiger partial charge < -0.3 is 0 Å². The van der Waals surface area contributed by atoms with Gasteiger partial charge in [-0.2, -0.15) is 0 Å². The third-order valence-corrected chi connectivity index (χ3v) is 4.48. The average molecular weight is 298 g/mol. The number of halogens is 3. The van der Waals surface area contributed by atoms with E-state index in [2.05, 4.69) is 6.92 Å². The highest BCUT2D eigenvalue weighted by Crippen LogP contribution is 2.34. The Morgan fingerprint density at radius 2 is 1.76 bits per heavy atom. The first-order chi connectivity index (χ1) is 10.0. The van der Waals surface area contributed by atoms with Gasteiger partial charge in [-0.15, -0.1) is 0 Å². The number of unbranched alkanes of at least 4 members (excludes halogenated alkanes) is 1. The van der Waals surface area contributed by atoms with E-state index in [0.29, 0.717) is 18.8 Å². The van der Waals surface area contributed by atoms with Gasteiger partial charge in [-0.1, -0.05) is 26.2 Å². The van der Waals surface area contributed by atoms with Crippen LogP contribution in [0.3, 0.4) is 0 Å². The van der Waals surface area contributed by atoms with E-state index in [9.17, 15) is 18.0 Å². The molecule has 4 heteroatoms. The van der Waals surface area contributed by atoms with E-state index in [1.165, 1.54) is 19.3 Å². The topological polar surface area (TPSA) is 17.1 Å². The van der Waals surface area contributed by atoms with E-state index in [1.807, 2.05) is 0 Å². The zero-order chi connectivity index (χ0) is 15.4. The molecule has 2 rings (SSSR count). The molecule has 0 saturated heterocycles. The third-order valence-electron chi connectivity index (χ3n) is 4.48. The zero-order valence-electron chi connectivity index (χ0n) is 12.3. The molecule has 21 heavy (non-hydrogen) atoms. The maximum Gasteiger partial charge on any atom is 0.195 e. The molecule has 0 aliphatic heterocycles. The van der Waals surface area contributed by atoms with Gasteiger partial charge in [0.25, 0.3) is 0 Å². The molecule has 1 aromatic carbocycles. The van der Waals surface area contributed by atoms with Crippen molar-refractivity contribution in [3.05, 3.63) is 35.1 Å². The molecule has 0 N–H and O–H groups in total. The summed E-state index contributed by atoms with van der Waals surface area (Å²) in [5, 5.41) is 0. The molecule has 0 unspecified atom stereocenters. The summed E-state index contributed by atoms with van der Waals surface area (Å²) >= 11 is 0. The normalized spacial score (nSPS) is 22.3. The molecular weight excluding hydrogens is 277 g/mol. The lowest BCUT2D eigenvalue weighted by atomic mass is 9.77. The van der Waals surface area contributed by atoms with Gasteiger partial charge in [-0.3, -0.25) is 4.79 Å². The molecule has 1 aliphatic rings. The van der Waals surface area contributed by atoms with Crippen molar-refractivity contribution >= 4 is 5.78 Å². The van der Waals surface area contributed by atoms with Crippen LogP contribution in [0.25, 0.3) is 0 Å². The van der Waals surface area contributed by atoms with Gasteiger partial charge in [0.05, 0.1) is 5.56 Å². The lowest BCUT2D eigenvalue weighted by Gasteiger charge is -2.27. The van der Waals surface area contributed by atoms with E-state index in [-0.39, 0.29) is 17.3 Å². The summed E-state index contributed by atoms with van der Waals surface area (Å²) < 4.78 is 39.8. The summed E-state index contributed by atoms with van der Waals surface area (Å²) in [4.78, 5) is 12.3. The van der Waals surface area contributed by atoms with Gasteiger partial charge in [0.1, 0.15) is 0 Å². The lowest BCUT2D eigenvalue weighted by Crippen LogP contribution is -2.23. The van der Waals surface area contributed by atoms with Gasteiger partial charge in [0.15, 0.2) is 23.2 Å². The molecule has 1 aliphatic carbocycles. The van der Waals surface area contributed by atoms with Crippen LogP contribution in [0.1, 0.15) is 62.2 Å². The van der Waals surface area contributed by atoms with Crippen molar-refractivity contribution < 1.29 is 18.0 Å². The molecule has 0 amide bonds. The number of ketones is 1. The summed E-state index contributed by atoms with van der Waals surface area (Å²) in [7, 11) is 0. The highest BCUT2D eigenvalue weighted by Gasteiger charge is 2.29. The van der Waals surface area contributed by atoms with Crippen LogP contribution in [0.4, 0.5) is 13.2 Å². The molecule has 0 bridgehead atoms. The quantitative estimate of drug-likeness (QED) is 0.533. The van der Waals surface area contributed by atoms with E-state index in [4.69, 9.17) is 0 Å². The van der Waals surface area contributed by atoms with Crippen LogP contribution >= 0.6 is 0 Å². The summed E-state index contributed by atoms with van der Waals surface area (Å²) in [5.74, 6) is -4.18. The van der Waals surface area contributed by atoms with E-state index in [1.54, 1.807) is 0 Å². The minimum absolute atomic E-state index is 0.262. The zero-order valence-corrected chi connectivity index (χ0v) is 12.3. The number of carbonyl (C=O) groups is 1. The molecule has 1 saturated carbocycles. The summed E-state index contributed by atoms with van der Waals surface area (Å²) in [6.07, 6.45) is 6.89. The maximum absolute atomic E-state index is 13.7. The second-order valence-corrected chi connectivity index (χ2v) is 5.95. The standard InChI is InChI=1S/C17H21F3O/c1-2-3-4-11-5-7-12(8-6-11)17(21)13-9-10-14(18)16(20)15(13)19/h9-12H,2-8H2,1H3. The second kappa shape index (κ2) is 7.10. The third kappa shape index (κ3) is 3.66. The van der Waals surface area contributed by atoms with E-state index < -0.39 is 17.5 Å². The Bertz CT molecular complexity index is 505. The fourth-order valence-corrected chi connectivity index (χ4v) is 3.14. The van der Waals surface area contributed by atoms with E-state index in [0.717, 1.165) is 25.0 Å². The van der Waals surface area contributed by atoms with Crippen molar-refractivity contribution in [2.24, 2.45) is 11.8 Å². The fourth-order valence-electron chi connectivity index (χ4n) is 3.14. The molecule has 0 aromatic heterocycles. The molecular formula is C17H21F3O. The summed E-state index contributed by atoms with van der Waals surface area (Å²) in [6, 6.07) is 1.87. The Balaban J connectivity index is 2.01. The Labute approximate surface area is 123 Å². The van der Waals surface area contributed by atoms with Crippen molar-refractivity contribution in [1.82, 2.24) is 0 Å². The van der Waals surface area contributed by atoms with Crippen LogP contribution in [-0.4, -0.2) is 5.78 Å². The smallest absolute Gasteiger partial charge is 0.195 e. The largest absolute Gasteiger partial charge is 0.294 e. The van der Waals surface area contributed by atoms with Crippen molar-refractivity contribution in [2.45, 2.75) is 51.9 Å². The Morgan fingerprint density at radius 3 is 2.38 bits per heavy atom. The van der Waals surface area contributed by atoms with Crippen LogP contribution in [-0.2, 0) is 0 Å². The van der Waals surface area contributed by atoms with Crippen molar-refractivity contribution in [2.75, 3.05) is 0 Å². The number of Topliss-reactive ketones (excluding diaryl/α,β-unsaturated/α-hetero) is 1. The number of carbonyl (C=O) groups excluding carboxylic acids is 1. The molecule has 116 valence electrons. The van der Waals surface area contributed by atoms with Gasteiger partial charge in [-0.05, 0) is 43.7 Å². The molecule has 0 radical (unpaired) electrons. The van der Waals surface area contributed by atoms with Crippen molar-refractivity contribution in [3.8, 4) is 0 Å². The monoisotopic (exact) mass is 298 g/mol. The number of hydrogen-bond acceptors (Lipinski definition) is 1. The fraction of sp³-hybridized carbons (Fsp3) is 0.588. The molecule has 0 spiro atoms. The molecule has 0 heterocycles. The molecule has 0 atom stereocenters. The number of benzene rings is 1. The van der Waals surface area contributed by atoms with Crippen LogP contribution in [0, 0.1) is 29.3 Å². The maximum atomic E-state index is 13.7. The van der Waals surface area contributed by atoms with Crippen LogP contribution in [0.5, 0.6) is 0 Å². The van der Waals surface area contributed by atoms with E-state index >= 15 is 0 Å². The first-order valence-corrected chi connectivity index (χ1v) is 7.72. The summed E-state index contributed by atoms with van der Waals surface area (Å²) in [5.41, 5.74) is -0.314. The molecule has 1 nitrogen and oxygen atoms in total. The van der Waals surface area contributed by atoms with Gasteiger partial charge in [0.2, 0.25) is 0 Å². The Hall–Kier alpha value is -1.32. The second-order valence-electron chi connectivity index (χ2n) is 5.95. The number of rotatable bonds is 5. The first kappa shape index (κ1) is 16.1. The highest BCUT2D eigenvalue weighted by molar-refractivity contribution is 5.98. The molecule has 1 aromatic rings. The van der Waals surface area contributed by atoms with Gasteiger partial charge in [0, 0.05) is 5.92 Å².